The van der Waals surface area contributed by atoms with Gasteiger partial charge in [0.1, 0.15) is 0 Å². The van der Waals surface area contributed by atoms with Crippen molar-refractivity contribution in [2.45, 2.75) is 31.7 Å². The number of amides is 2. The molecule has 7 nitrogen and oxygen atoms in total. The number of nitrogens with two attached hydrogens (primary N) is 1. The average Bonchev–Trinajstić information content (AvgIpc) is 2.99. The van der Waals surface area contributed by atoms with Crippen molar-refractivity contribution in [2.75, 3.05) is 19.6 Å². The third kappa shape index (κ3) is 3.73. The van der Waals surface area contributed by atoms with Crippen LogP contribution < -0.4 is 11.1 Å². The smallest absolute Gasteiger partial charge is 0.275 e. The van der Waals surface area contributed by atoms with Crippen LogP contribution in [0.15, 0.2) is 6.20 Å². The summed E-state index contributed by atoms with van der Waals surface area (Å²) in [4.78, 5) is 25.6. The van der Waals surface area contributed by atoms with Crippen molar-refractivity contribution < 1.29 is 9.59 Å². The number of hydrogen-bond acceptors (Lipinski definition) is 6. The number of carbonyl (C=O) groups is 2. The zero-order valence-electron chi connectivity index (χ0n) is 11.2. The molecule has 20 heavy (non-hydrogen) atoms. The maximum absolute atomic E-state index is 12.3. The molecule has 1 aliphatic heterocycles. The molecule has 1 fully saturated rings. The lowest BCUT2D eigenvalue weighted by molar-refractivity contribution is -0.121. The van der Waals surface area contributed by atoms with E-state index in [1.54, 1.807) is 4.90 Å². The lowest BCUT2D eigenvalue weighted by atomic mass is 10.0. The van der Waals surface area contributed by atoms with Gasteiger partial charge in [0, 0.05) is 32.1 Å². The van der Waals surface area contributed by atoms with Crippen molar-refractivity contribution in [3.05, 3.63) is 11.9 Å². The highest BCUT2D eigenvalue weighted by Crippen LogP contribution is 2.18. The van der Waals surface area contributed by atoms with Crippen molar-refractivity contribution in [1.29, 1.82) is 0 Å². The van der Waals surface area contributed by atoms with E-state index in [0.29, 0.717) is 31.7 Å². The van der Waals surface area contributed by atoms with Gasteiger partial charge in [0.2, 0.25) is 5.91 Å². The fourth-order valence-corrected chi connectivity index (χ4v) is 2.74. The minimum Gasteiger partial charge on any atom is -0.354 e. The summed E-state index contributed by atoms with van der Waals surface area (Å²) in [7, 11) is 0. The minimum atomic E-state index is -0.100. The second kappa shape index (κ2) is 7.30. The number of likely N-dealkylation sites (tertiary alicyclic amines) is 1. The predicted molar refractivity (Wildman–Crippen MR) is 75.3 cm³/mol. The highest BCUT2D eigenvalue weighted by atomic mass is 32.1. The monoisotopic (exact) mass is 297 g/mol. The zero-order valence-corrected chi connectivity index (χ0v) is 12.1. The van der Waals surface area contributed by atoms with Gasteiger partial charge < -0.3 is 16.0 Å². The SMILES string of the molecule is NCCC(=O)NCC1CCCCN1C(=O)c1cnsn1. The van der Waals surface area contributed by atoms with Crippen molar-refractivity contribution in [3.8, 4) is 0 Å². The Morgan fingerprint density at radius 3 is 3.05 bits per heavy atom. The molecule has 2 heterocycles. The van der Waals surface area contributed by atoms with Gasteiger partial charge in [0.15, 0.2) is 5.69 Å². The lowest BCUT2D eigenvalue weighted by Gasteiger charge is -2.35. The third-order valence-electron chi connectivity index (χ3n) is 3.37. The maximum atomic E-state index is 12.3. The van der Waals surface area contributed by atoms with Crippen molar-refractivity contribution >= 4 is 23.5 Å². The number of piperidine rings is 1. The Kier molecular flexibility index (Phi) is 5.42. The molecule has 110 valence electrons. The van der Waals surface area contributed by atoms with Crippen LogP contribution in [0.5, 0.6) is 0 Å². The van der Waals surface area contributed by atoms with E-state index in [4.69, 9.17) is 5.73 Å². The molecule has 0 aliphatic carbocycles. The van der Waals surface area contributed by atoms with E-state index in [2.05, 4.69) is 14.1 Å². The first kappa shape index (κ1) is 14.9. The quantitative estimate of drug-likeness (QED) is 0.796. The van der Waals surface area contributed by atoms with Crippen molar-refractivity contribution in [1.82, 2.24) is 19.0 Å². The Hall–Kier alpha value is -1.54. The van der Waals surface area contributed by atoms with E-state index in [1.165, 1.54) is 6.20 Å². The molecular weight excluding hydrogens is 278 g/mol. The third-order valence-corrected chi connectivity index (χ3v) is 3.85. The number of aromatic nitrogens is 2. The fraction of sp³-hybridized carbons (Fsp3) is 0.667. The Morgan fingerprint density at radius 2 is 2.35 bits per heavy atom. The Balaban J connectivity index is 1.95. The number of nitrogens with one attached hydrogen (secondary N) is 1. The molecule has 1 aliphatic rings. The molecule has 1 unspecified atom stereocenters. The molecule has 1 aromatic rings. The molecule has 8 heteroatoms. The molecule has 1 aromatic heterocycles. The summed E-state index contributed by atoms with van der Waals surface area (Å²) < 4.78 is 7.85. The van der Waals surface area contributed by atoms with Gasteiger partial charge in [-0.1, -0.05) is 0 Å². The normalized spacial score (nSPS) is 18.9. The van der Waals surface area contributed by atoms with Crippen molar-refractivity contribution in [2.24, 2.45) is 5.73 Å². The van der Waals surface area contributed by atoms with Crippen LogP contribution in [-0.4, -0.2) is 51.1 Å². The number of rotatable bonds is 5. The molecule has 0 radical (unpaired) electrons. The van der Waals surface area contributed by atoms with Gasteiger partial charge in [0.05, 0.1) is 17.9 Å². The predicted octanol–water partition coefficient (Wildman–Crippen LogP) is -0.00220. The van der Waals surface area contributed by atoms with E-state index in [-0.39, 0.29) is 17.9 Å². The van der Waals surface area contributed by atoms with Crippen LogP contribution in [0, 0.1) is 0 Å². The standard InChI is InChI=1S/C12H19N5O2S/c13-5-4-11(18)14-7-9-3-1-2-6-17(9)12(19)10-8-15-20-16-10/h8-9H,1-7,13H2,(H,14,18). The summed E-state index contributed by atoms with van der Waals surface area (Å²) in [5.41, 5.74) is 5.72. The summed E-state index contributed by atoms with van der Waals surface area (Å²) in [6.07, 6.45) is 4.75. The van der Waals surface area contributed by atoms with Gasteiger partial charge in [-0.05, 0) is 19.3 Å². The molecule has 0 saturated carbocycles. The summed E-state index contributed by atoms with van der Waals surface area (Å²) >= 11 is 1.03. The lowest BCUT2D eigenvalue weighted by Crippen LogP contribution is -2.49. The fourth-order valence-electron chi connectivity index (χ4n) is 2.34. The molecule has 1 atom stereocenters. The van der Waals surface area contributed by atoms with E-state index < -0.39 is 0 Å². The molecular formula is C12H19N5O2S. The van der Waals surface area contributed by atoms with Crippen LogP contribution >= 0.6 is 11.7 Å². The molecule has 0 aromatic carbocycles. The maximum Gasteiger partial charge on any atom is 0.275 e. The van der Waals surface area contributed by atoms with Crippen LogP contribution in [0.3, 0.4) is 0 Å². The summed E-state index contributed by atoms with van der Waals surface area (Å²) in [6, 6.07) is 0.0275. The van der Waals surface area contributed by atoms with E-state index in [0.717, 1.165) is 31.0 Å². The number of carbonyl (C=O) groups excluding carboxylic acids is 2. The molecule has 0 spiro atoms. The summed E-state index contributed by atoms with van der Waals surface area (Å²) in [6.45, 7) is 1.51. The van der Waals surface area contributed by atoms with Crippen LogP contribution in [0.25, 0.3) is 0 Å². The Morgan fingerprint density at radius 1 is 1.50 bits per heavy atom. The van der Waals surface area contributed by atoms with Gasteiger partial charge in [-0.25, -0.2) is 0 Å². The summed E-state index contributed by atoms with van der Waals surface area (Å²) in [5, 5.41) is 2.84. The van der Waals surface area contributed by atoms with Gasteiger partial charge in [0.25, 0.3) is 5.91 Å². The first-order chi connectivity index (χ1) is 9.72. The molecule has 3 N–H and O–H groups in total. The van der Waals surface area contributed by atoms with E-state index >= 15 is 0 Å². The Labute approximate surface area is 121 Å². The van der Waals surface area contributed by atoms with E-state index in [9.17, 15) is 9.59 Å². The van der Waals surface area contributed by atoms with Crippen molar-refractivity contribution in [3.63, 3.8) is 0 Å². The number of nitrogens with zero attached hydrogens (tertiary/aromatic N) is 3. The van der Waals surface area contributed by atoms with E-state index in [1.807, 2.05) is 0 Å². The molecule has 0 bridgehead atoms. The highest BCUT2D eigenvalue weighted by molar-refractivity contribution is 6.99. The first-order valence-corrected chi connectivity index (χ1v) is 7.50. The van der Waals surface area contributed by atoms with Crippen LogP contribution in [0.4, 0.5) is 0 Å². The van der Waals surface area contributed by atoms with Gasteiger partial charge in [-0.15, -0.1) is 0 Å². The summed E-state index contributed by atoms with van der Waals surface area (Å²) in [5.74, 6) is -0.169. The largest absolute Gasteiger partial charge is 0.354 e. The second-order valence-corrected chi connectivity index (χ2v) is 5.34. The number of hydrogen-bond donors (Lipinski definition) is 2. The first-order valence-electron chi connectivity index (χ1n) is 6.77. The molecule has 1 saturated heterocycles. The average molecular weight is 297 g/mol. The van der Waals surface area contributed by atoms with Crippen LogP contribution in [0.1, 0.15) is 36.2 Å². The van der Waals surface area contributed by atoms with Crippen LogP contribution in [0.2, 0.25) is 0 Å². The van der Waals surface area contributed by atoms with Crippen LogP contribution in [-0.2, 0) is 4.79 Å². The second-order valence-electron chi connectivity index (χ2n) is 4.78. The Bertz CT molecular complexity index is 451. The topological polar surface area (TPSA) is 101 Å². The van der Waals surface area contributed by atoms with Gasteiger partial charge in [-0.3, -0.25) is 9.59 Å². The zero-order chi connectivity index (χ0) is 14.4. The highest BCUT2D eigenvalue weighted by Gasteiger charge is 2.28. The van der Waals surface area contributed by atoms with Gasteiger partial charge in [-0.2, -0.15) is 8.75 Å². The van der Waals surface area contributed by atoms with Gasteiger partial charge >= 0.3 is 0 Å². The molecule has 2 rings (SSSR count). The minimum absolute atomic E-state index is 0.0275. The molecule has 2 amide bonds.